The summed E-state index contributed by atoms with van der Waals surface area (Å²) in [6, 6.07) is 13.1. The molecule has 0 saturated carbocycles. The smallest absolute Gasteiger partial charge is 0.321 e. The van der Waals surface area contributed by atoms with Crippen molar-refractivity contribution in [3.8, 4) is 0 Å². The number of hydrogen-bond donors (Lipinski definition) is 2. The number of amides is 2. The van der Waals surface area contributed by atoms with Gasteiger partial charge in [-0.25, -0.2) is 4.79 Å². The summed E-state index contributed by atoms with van der Waals surface area (Å²) in [5.41, 5.74) is 4.11. The standard InChI is InChI=1S/C26H31ClN4O2/c1-4-30-12-6-9-23(30)16-31(26(33)28-22-8-5-7-21(27)14-22)15-20-13-19-11-10-17(2)18(3)24(19)29-25(20)32/h5,7-8,10-11,13-14,23H,4,6,9,12,15-16H2,1-3H3,(H,28,33)(H,29,32)/t23-/m0/s1. The van der Waals surface area contributed by atoms with Crippen LogP contribution in [0.2, 0.25) is 5.02 Å². The van der Waals surface area contributed by atoms with Gasteiger partial charge in [-0.1, -0.05) is 36.7 Å². The summed E-state index contributed by atoms with van der Waals surface area (Å²) in [6.45, 7) is 8.97. The zero-order chi connectivity index (χ0) is 23.5. The molecule has 2 aromatic carbocycles. The average Bonchev–Trinajstić information content (AvgIpc) is 3.24. The molecule has 0 radical (unpaired) electrons. The van der Waals surface area contributed by atoms with E-state index in [1.165, 1.54) is 0 Å². The van der Waals surface area contributed by atoms with Crippen LogP contribution in [0.25, 0.3) is 10.9 Å². The molecule has 174 valence electrons. The molecule has 1 fully saturated rings. The second-order valence-corrected chi connectivity index (χ2v) is 9.28. The molecule has 7 heteroatoms. The number of aromatic nitrogens is 1. The largest absolute Gasteiger partial charge is 0.322 e. The molecule has 2 N–H and O–H groups in total. The second-order valence-electron chi connectivity index (χ2n) is 8.84. The van der Waals surface area contributed by atoms with E-state index in [-0.39, 0.29) is 24.2 Å². The number of halogens is 1. The summed E-state index contributed by atoms with van der Waals surface area (Å²) in [4.78, 5) is 33.5. The van der Waals surface area contributed by atoms with E-state index in [9.17, 15) is 9.59 Å². The minimum Gasteiger partial charge on any atom is -0.321 e. The number of anilines is 1. The van der Waals surface area contributed by atoms with Crippen molar-refractivity contribution in [2.45, 2.75) is 46.2 Å². The lowest BCUT2D eigenvalue weighted by Gasteiger charge is -2.30. The van der Waals surface area contributed by atoms with Crippen molar-refractivity contribution >= 4 is 34.2 Å². The Hall–Kier alpha value is -2.83. The lowest BCUT2D eigenvalue weighted by Crippen LogP contribution is -2.45. The van der Waals surface area contributed by atoms with Crippen LogP contribution in [-0.4, -0.2) is 46.5 Å². The molecule has 6 nitrogen and oxygen atoms in total. The molecule has 0 spiro atoms. The number of aromatic amines is 1. The Labute approximate surface area is 199 Å². The van der Waals surface area contributed by atoms with Crippen LogP contribution in [0.4, 0.5) is 10.5 Å². The summed E-state index contributed by atoms with van der Waals surface area (Å²) < 4.78 is 0. The molecule has 1 aliphatic heterocycles. The molecule has 2 heterocycles. The normalized spacial score (nSPS) is 16.3. The predicted octanol–water partition coefficient (Wildman–Crippen LogP) is 5.32. The Morgan fingerprint density at radius 3 is 2.82 bits per heavy atom. The number of benzene rings is 2. The first-order valence-electron chi connectivity index (χ1n) is 11.5. The second kappa shape index (κ2) is 9.98. The van der Waals surface area contributed by atoms with Crippen LogP contribution in [0.3, 0.4) is 0 Å². The topological polar surface area (TPSA) is 68.4 Å². The third-order valence-corrected chi connectivity index (χ3v) is 6.92. The maximum Gasteiger partial charge on any atom is 0.322 e. The molecule has 1 atom stereocenters. The first-order chi connectivity index (χ1) is 15.9. The Morgan fingerprint density at radius 2 is 2.06 bits per heavy atom. The fraction of sp³-hybridized carbons (Fsp3) is 0.385. The minimum absolute atomic E-state index is 0.157. The van der Waals surface area contributed by atoms with Gasteiger partial charge in [-0.2, -0.15) is 0 Å². The van der Waals surface area contributed by atoms with E-state index in [0.717, 1.165) is 48.0 Å². The summed E-state index contributed by atoms with van der Waals surface area (Å²) in [6.07, 6.45) is 2.17. The van der Waals surface area contributed by atoms with Gasteiger partial charge in [0.1, 0.15) is 0 Å². The zero-order valence-corrected chi connectivity index (χ0v) is 20.2. The number of urea groups is 1. The van der Waals surface area contributed by atoms with Crippen molar-refractivity contribution in [3.63, 3.8) is 0 Å². The number of likely N-dealkylation sites (N-methyl/N-ethyl adjacent to an activating group) is 1. The lowest BCUT2D eigenvalue weighted by molar-refractivity contribution is 0.174. The molecule has 3 aromatic rings. The number of nitrogens with zero attached hydrogens (tertiary/aromatic N) is 2. The van der Waals surface area contributed by atoms with Gasteiger partial charge < -0.3 is 15.2 Å². The SMILES string of the molecule is CCN1CCC[C@H]1CN(Cc1cc2ccc(C)c(C)c2[nH]c1=O)C(=O)Nc1cccc(Cl)c1. The van der Waals surface area contributed by atoms with E-state index in [4.69, 9.17) is 11.6 Å². The molecular weight excluding hydrogens is 436 g/mol. The average molecular weight is 467 g/mol. The number of nitrogens with one attached hydrogen (secondary N) is 2. The number of carbonyl (C=O) groups is 1. The van der Waals surface area contributed by atoms with Crippen LogP contribution < -0.4 is 10.9 Å². The predicted molar refractivity (Wildman–Crippen MR) is 135 cm³/mol. The number of fused-ring (bicyclic) bond motifs is 1. The number of likely N-dealkylation sites (tertiary alicyclic amines) is 1. The Kier molecular flexibility index (Phi) is 7.05. The van der Waals surface area contributed by atoms with Crippen LogP contribution in [0, 0.1) is 13.8 Å². The number of aryl methyl sites for hydroxylation is 2. The minimum atomic E-state index is -0.236. The highest BCUT2D eigenvalue weighted by Gasteiger charge is 2.28. The quantitative estimate of drug-likeness (QED) is 0.516. The molecule has 33 heavy (non-hydrogen) atoms. The van der Waals surface area contributed by atoms with Gasteiger partial charge in [0, 0.05) is 28.9 Å². The molecule has 1 aliphatic rings. The van der Waals surface area contributed by atoms with Crippen molar-refractivity contribution < 1.29 is 4.79 Å². The van der Waals surface area contributed by atoms with Gasteiger partial charge in [-0.15, -0.1) is 0 Å². The maximum atomic E-state index is 13.3. The number of hydrogen-bond acceptors (Lipinski definition) is 3. The lowest BCUT2D eigenvalue weighted by atomic mass is 10.0. The van der Waals surface area contributed by atoms with E-state index in [2.05, 4.69) is 28.2 Å². The molecule has 0 unspecified atom stereocenters. The van der Waals surface area contributed by atoms with Gasteiger partial charge >= 0.3 is 6.03 Å². The van der Waals surface area contributed by atoms with Gasteiger partial charge in [0.15, 0.2) is 0 Å². The molecule has 4 rings (SSSR count). The van der Waals surface area contributed by atoms with E-state index < -0.39 is 0 Å². The van der Waals surface area contributed by atoms with E-state index >= 15 is 0 Å². The van der Waals surface area contributed by atoms with Crippen molar-refractivity contribution in [2.75, 3.05) is 25.0 Å². The summed E-state index contributed by atoms with van der Waals surface area (Å²) in [5, 5.41) is 4.49. The highest BCUT2D eigenvalue weighted by Crippen LogP contribution is 2.22. The van der Waals surface area contributed by atoms with Gasteiger partial charge in [-0.3, -0.25) is 9.69 Å². The molecule has 0 aliphatic carbocycles. The number of carbonyl (C=O) groups excluding carboxylic acids is 1. The van der Waals surface area contributed by atoms with E-state index in [0.29, 0.717) is 22.8 Å². The maximum absolute atomic E-state index is 13.3. The van der Waals surface area contributed by atoms with Crippen LogP contribution in [0.15, 0.2) is 47.3 Å². The molecule has 0 bridgehead atoms. The van der Waals surface area contributed by atoms with Crippen molar-refractivity contribution in [1.29, 1.82) is 0 Å². The molecular formula is C26H31ClN4O2. The monoisotopic (exact) mass is 466 g/mol. The van der Waals surface area contributed by atoms with Crippen molar-refractivity contribution in [1.82, 2.24) is 14.8 Å². The first kappa shape index (κ1) is 23.3. The number of H-pyrrole nitrogens is 1. The summed E-state index contributed by atoms with van der Waals surface area (Å²) in [5.74, 6) is 0. The Balaban J connectivity index is 1.64. The van der Waals surface area contributed by atoms with Gasteiger partial charge in [-0.05, 0) is 80.6 Å². The fourth-order valence-corrected chi connectivity index (χ4v) is 4.84. The Morgan fingerprint density at radius 1 is 1.24 bits per heavy atom. The third-order valence-electron chi connectivity index (χ3n) is 6.69. The van der Waals surface area contributed by atoms with E-state index in [1.54, 1.807) is 23.1 Å². The molecule has 1 aromatic heterocycles. The molecule has 1 saturated heterocycles. The third kappa shape index (κ3) is 5.23. The fourth-order valence-electron chi connectivity index (χ4n) is 4.65. The van der Waals surface area contributed by atoms with Crippen LogP contribution in [0.1, 0.15) is 36.5 Å². The zero-order valence-electron chi connectivity index (χ0n) is 19.5. The van der Waals surface area contributed by atoms with Gasteiger partial charge in [0.25, 0.3) is 5.56 Å². The van der Waals surface area contributed by atoms with E-state index in [1.807, 2.05) is 32.0 Å². The first-order valence-corrected chi connectivity index (χ1v) is 11.9. The highest BCUT2D eigenvalue weighted by molar-refractivity contribution is 6.30. The molecule has 2 amide bonds. The number of pyridine rings is 1. The summed E-state index contributed by atoms with van der Waals surface area (Å²) >= 11 is 6.10. The van der Waals surface area contributed by atoms with Gasteiger partial charge in [0.2, 0.25) is 0 Å². The number of rotatable bonds is 6. The van der Waals surface area contributed by atoms with Crippen molar-refractivity contribution in [2.24, 2.45) is 0 Å². The van der Waals surface area contributed by atoms with Crippen molar-refractivity contribution in [3.05, 3.63) is 74.5 Å². The van der Waals surface area contributed by atoms with Crippen LogP contribution in [-0.2, 0) is 6.54 Å². The highest BCUT2D eigenvalue weighted by atomic mass is 35.5. The van der Waals surface area contributed by atoms with Crippen LogP contribution in [0.5, 0.6) is 0 Å². The van der Waals surface area contributed by atoms with Crippen LogP contribution >= 0.6 is 11.6 Å². The Bertz CT molecular complexity index is 1220. The summed E-state index contributed by atoms with van der Waals surface area (Å²) in [7, 11) is 0. The van der Waals surface area contributed by atoms with Gasteiger partial charge in [0.05, 0.1) is 12.1 Å².